The van der Waals surface area contributed by atoms with Gasteiger partial charge in [0.2, 0.25) is 11.9 Å². The molecule has 1 heterocycles. The summed E-state index contributed by atoms with van der Waals surface area (Å²) in [5.74, 6) is -4.48. The molecule has 0 aromatic heterocycles. The number of ether oxygens (including phenoxy) is 6. The second kappa shape index (κ2) is 10.6. The van der Waals surface area contributed by atoms with Crippen molar-refractivity contribution in [2.24, 2.45) is 0 Å². The molecule has 32 heavy (non-hydrogen) atoms. The number of benzene rings is 1. The highest BCUT2D eigenvalue weighted by Gasteiger charge is 2.61. The van der Waals surface area contributed by atoms with Crippen molar-refractivity contribution in [1.82, 2.24) is 0 Å². The second-order valence-corrected chi connectivity index (χ2v) is 7.37. The Morgan fingerprint density at radius 2 is 1.38 bits per heavy atom. The molecule has 0 spiro atoms. The third-order valence-electron chi connectivity index (χ3n) is 4.79. The number of hydrogen-bond acceptors (Lipinski definition) is 10. The highest BCUT2D eigenvalue weighted by Crippen LogP contribution is 2.43. The molecule has 1 aromatic rings. The van der Waals surface area contributed by atoms with Crippen LogP contribution in [0.25, 0.3) is 0 Å². The van der Waals surface area contributed by atoms with E-state index in [0.29, 0.717) is 5.56 Å². The monoisotopic (exact) mass is 452 g/mol. The molecule has 0 bridgehead atoms. The first-order chi connectivity index (χ1) is 15.0. The lowest BCUT2D eigenvalue weighted by Gasteiger charge is -2.50. The van der Waals surface area contributed by atoms with Crippen LogP contribution in [0.1, 0.15) is 38.8 Å². The SMILES string of the molecule is CO[C@@]1(c2ccc(C)cc2)O[C@H](COC(C)=O)[C@@H](OC(C)=O)[C@H](OC(C)=O)[C@H]1OC(C)=O. The van der Waals surface area contributed by atoms with Gasteiger partial charge in [0.25, 0.3) is 0 Å². The summed E-state index contributed by atoms with van der Waals surface area (Å²) in [6.45, 7) is 6.25. The number of carbonyl (C=O) groups excluding carboxylic acids is 4. The quantitative estimate of drug-likeness (QED) is 0.444. The summed E-state index contributed by atoms with van der Waals surface area (Å²) in [5.41, 5.74) is 1.40. The van der Waals surface area contributed by atoms with Gasteiger partial charge in [-0.15, -0.1) is 0 Å². The fourth-order valence-electron chi connectivity index (χ4n) is 3.57. The average molecular weight is 452 g/mol. The van der Waals surface area contributed by atoms with Gasteiger partial charge in [-0.25, -0.2) is 0 Å². The van der Waals surface area contributed by atoms with Gasteiger partial charge in [0.05, 0.1) is 0 Å². The van der Waals surface area contributed by atoms with Gasteiger partial charge >= 0.3 is 23.9 Å². The van der Waals surface area contributed by atoms with E-state index in [-0.39, 0.29) is 6.61 Å². The van der Waals surface area contributed by atoms with E-state index in [1.54, 1.807) is 24.3 Å². The molecule has 1 aromatic carbocycles. The lowest BCUT2D eigenvalue weighted by atomic mass is 9.87. The summed E-state index contributed by atoms with van der Waals surface area (Å²) in [5, 5.41) is 0. The van der Waals surface area contributed by atoms with Crippen LogP contribution in [0.4, 0.5) is 0 Å². The maximum absolute atomic E-state index is 12.0. The zero-order valence-corrected chi connectivity index (χ0v) is 18.9. The minimum atomic E-state index is -1.76. The van der Waals surface area contributed by atoms with Crippen LogP contribution in [-0.4, -0.2) is 62.0 Å². The van der Waals surface area contributed by atoms with Crippen molar-refractivity contribution in [1.29, 1.82) is 0 Å². The van der Waals surface area contributed by atoms with Gasteiger partial charge < -0.3 is 28.4 Å². The summed E-state index contributed by atoms with van der Waals surface area (Å²) in [6.07, 6.45) is -5.04. The molecule has 1 fully saturated rings. The van der Waals surface area contributed by atoms with Gasteiger partial charge in [-0.05, 0) is 6.92 Å². The van der Waals surface area contributed by atoms with Crippen LogP contribution in [0.15, 0.2) is 24.3 Å². The summed E-state index contributed by atoms with van der Waals surface area (Å²) in [7, 11) is 1.33. The van der Waals surface area contributed by atoms with E-state index >= 15 is 0 Å². The first-order valence-corrected chi connectivity index (χ1v) is 9.95. The smallest absolute Gasteiger partial charge is 0.303 e. The van der Waals surface area contributed by atoms with E-state index in [0.717, 1.165) is 19.4 Å². The third-order valence-corrected chi connectivity index (χ3v) is 4.79. The molecule has 0 unspecified atom stereocenters. The van der Waals surface area contributed by atoms with Gasteiger partial charge in [-0.1, -0.05) is 29.8 Å². The first kappa shape index (κ1) is 25.3. The molecule has 176 valence electrons. The molecule has 0 aliphatic carbocycles. The van der Waals surface area contributed by atoms with Crippen LogP contribution < -0.4 is 0 Å². The Morgan fingerprint density at radius 1 is 0.844 bits per heavy atom. The lowest BCUT2D eigenvalue weighted by molar-refractivity contribution is -0.367. The second-order valence-electron chi connectivity index (χ2n) is 7.37. The standard InChI is InChI=1S/C22H28O10/c1-12-7-9-17(10-8-12)22(27-6)21(31-16(5)26)20(30-15(4)25)19(29-14(3)24)18(32-22)11-28-13(2)23/h7-10,18-21H,11H2,1-6H3/t18-,19-,20+,21-,22+/m1/s1. The maximum atomic E-state index is 12.0. The Kier molecular flexibility index (Phi) is 8.34. The molecule has 5 atom stereocenters. The number of esters is 4. The van der Waals surface area contributed by atoms with Crippen LogP contribution in [0.3, 0.4) is 0 Å². The van der Waals surface area contributed by atoms with Gasteiger partial charge in [0, 0.05) is 40.4 Å². The zero-order valence-electron chi connectivity index (χ0n) is 18.9. The van der Waals surface area contributed by atoms with Crippen LogP contribution in [0.5, 0.6) is 0 Å². The molecule has 1 aliphatic rings. The van der Waals surface area contributed by atoms with E-state index in [1.165, 1.54) is 21.0 Å². The van der Waals surface area contributed by atoms with Crippen LogP contribution in [0.2, 0.25) is 0 Å². The fraction of sp³-hybridized carbons (Fsp3) is 0.545. The maximum Gasteiger partial charge on any atom is 0.303 e. The molecule has 10 heteroatoms. The van der Waals surface area contributed by atoms with Crippen LogP contribution >= 0.6 is 0 Å². The molecule has 1 saturated heterocycles. The highest BCUT2D eigenvalue weighted by atomic mass is 16.7. The highest BCUT2D eigenvalue weighted by molar-refractivity contribution is 5.69. The van der Waals surface area contributed by atoms with E-state index in [1.807, 2.05) is 6.92 Å². The van der Waals surface area contributed by atoms with Crippen molar-refractivity contribution < 1.29 is 47.6 Å². The topological polar surface area (TPSA) is 124 Å². The van der Waals surface area contributed by atoms with Gasteiger partial charge in [-0.3, -0.25) is 19.2 Å². The van der Waals surface area contributed by atoms with Crippen molar-refractivity contribution in [2.45, 2.75) is 64.8 Å². The number of hydrogen-bond donors (Lipinski definition) is 0. The molecular weight excluding hydrogens is 424 g/mol. The van der Waals surface area contributed by atoms with Crippen molar-refractivity contribution in [3.8, 4) is 0 Å². The number of carbonyl (C=O) groups is 4. The normalized spacial score (nSPS) is 27.2. The number of rotatable bonds is 7. The number of aryl methyl sites for hydroxylation is 1. The number of methoxy groups -OCH3 is 1. The molecule has 1 aliphatic heterocycles. The van der Waals surface area contributed by atoms with Crippen molar-refractivity contribution >= 4 is 23.9 Å². The summed E-state index contributed by atoms with van der Waals surface area (Å²) < 4.78 is 33.4. The van der Waals surface area contributed by atoms with Gasteiger partial charge in [0.15, 0.2) is 12.2 Å². The fourth-order valence-corrected chi connectivity index (χ4v) is 3.57. The Labute approximate surface area is 186 Å². The van der Waals surface area contributed by atoms with Gasteiger partial charge in [-0.2, -0.15) is 0 Å². The lowest BCUT2D eigenvalue weighted by Crippen LogP contribution is -2.67. The molecule has 0 N–H and O–H groups in total. The largest absolute Gasteiger partial charge is 0.463 e. The predicted octanol–water partition coefficient (Wildman–Crippen LogP) is 1.55. The minimum absolute atomic E-state index is 0.338. The van der Waals surface area contributed by atoms with Crippen molar-refractivity contribution in [2.75, 3.05) is 13.7 Å². The Balaban J connectivity index is 2.68. The summed E-state index contributed by atoms with van der Waals surface area (Å²) in [4.78, 5) is 47.2. The molecule has 10 nitrogen and oxygen atoms in total. The minimum Gasteiger partial charge on any atom is -0.463 e. The van der Waals surface area contributed by atoms with E-state index in [9.17, 15) is 19.2 Å². The van der Waals surface area contributed by atoms with E-state index < -0.39 is 54.1 Å². The van der Waals surface area contributed by atoms with Crippen molar-refractivity contribution in [3.63, 3.8) is 0 Å². The van der Waals surface area contributed by atoms with Crippen molar-refractivity contribution in [3.05, 3.63) is 35.4 Å². The summed E-state index contributed by atoms with van der Waals surface area (Å²) in [6, 6.07) is 7.00. The zero-order chi connectivity index (χ0) is 24.1. The van der Waals surface area contributed by atoms with Gasteiger partial charge in [0.1, 0.15) is 12.7 Å². The van der Waals surface area contributed by atoms with Crippen LogP contribution in [-0.2, 0) is 53.4 Å². The average Bonchev–Trinajstić information content (AvgIpc) is 2.69. The molecule has 0 amide bonds. The predicted molar refractivity (Wildman–Crippen MR) is 108 cm³/mol. The molecule has 0 saturated carbocycles. The first-order valence-electron chi connectivity index (χ1n) is 9.95. The van der Waals surface area contributed by atoms with E-state index in [2.05, 4.69) is 0 Å². The Bertz CT molecular complexity index is 849. The molecular formula is C22H28O10. The Morgan fingerprint density at radius 3 is 1.84 bits per heavy atom. The van der Waals surface area contributed by atoms with E-state index in [4.69, 9.17) is 28.4 Å². The molecule has 0 radical (unpaired) electrons. The Hall–Kier alpha value is -2.98. The third kappa shape index (κ3) is 5.83. The van der Waals surface area contributed by atoms with Crippen LogP contribution in [0, 0.1) is 6.92 Å². The molecule has 2 rings (SSSR count). The summed E-state index contributed by atoms with van der Waals surface area (Å²) >= 11 is 0.